The van der Waals surface area contributed by atoms with Crippen molar-refractivity contribution in [1.82, 2.24) is 9.62 Å². The molecule has 1 aromatic rings. The van der Waals surface area contributed by atoms with Crippen LogP contribution in [0.3, 0.4) is 0 Å². The summed E-state index contributed by atoms with van der Waals surface area (Å²) in [5.41, 5.74) is 5.97. The number of carbonyl (C=O) groups is 1. The fourth-order valence-corrected chi connectivity index (χ4v) is 6.70. The lowest BCUT2D eigenvalue weighted by atomic mass is 9.92. The maximum atomic E-state index is 13.8. The van der Waals surface area contributed by atoms with E-state index in [1.54, 1.807) is 34.5 Å². The van der Waals surface area contributed by atoms with Gasteiger partial charge in [0.25, 0.3) is 10.0 Å². The van der Waals surface area contributed by atoms with Crippen molar-refractivity contribution >= 4 is 21.6 Å². The lowest BCUT2D eigenvalue weighted by molar-refractivity contribution is -0.117. The van der Waals surface area contributed by atoms with E-state index >= 15 is 0 Å². The fourth-order valence-electron chi connectivity index (χ4n) is 4.92. The van der Waals surface area contributed by atoms with Gasteiger partial charge >= 0.3 is 0 Å². The number of hydrogen-bond donors (Lipinski definition) is 1. The molecular weight excluding hydrogens is 386 g/mol. The van der Waals surface area contributed by atoms with Crippen molar-refractivity contribution in [2.45, 2.75) is 43.5 Å². The summed E-state index contributed by atoms with van der Waals surface area (Å²) in [6, 6.07) is 4.91. The van der Waals surface area contributed by atoms with Gasteiger partial charge in [-0.1, -0.05) is 17.7 Å². The molecule has 0 aromatic heterocycles. The SMILES string of the molecule is CC1=CCC2C(=C1)C1=C(CCCNC1)N2S(=O)(=O)c1ccc2c(c1)CC(=O)N2C. The van der Waals surface area contributed by atoms with Crippen LogP contribution in [-0.4, -0.2) is 44.8 Å². The molecule has 0 bridgehead atoms. The Labute approximate surface area is 171 Å². The van der Waals surface area contributed by atoms with Crippen LogP contribution in [0.25, 0.3) is 0 Å². The van der Waals surface area contributed by atoms with Gasteiger partial charge in [-0.25, -0.2) is 8.42 Å². The summed E-state index contributed by atoms with van der Waals surface area (Å²) in [5, 5.41) is 3.44. The third-order valence-electron chi connectivity index (χ3n) is 6.40. The number of sulfonamides is 1. The van der Waals surface area contributed by atoms with Gasteiger partial charge in [0.1, 0.15) is 0 Å². The summed E-state index contributed by atoms with van der Waals surface area (Å²) in [6.07, 6.45) is 6.87. The number of nitrogens with zero attached hydrogens (tertiary/aromatic N) is 2. The summed E-state index contributed by atoms with van der Waals surface area (Å²) in [7, 11) is -1.99. The molecule has 0 saturated heterocycles. The second-order valence-corrected chi connectivity index (χ2v) is 10.0. The zero-order valence-electron chi connectivity index (χ0n) is 16.7. The Morgan fingerprint density at radius 3 is 2.90 bits per heavy atom. The third-order valence-corrected chi connectivity index (χ3v) is 8.25. The minimum Gasteiger partial charge on any atom is -0.315 e. The molecule has 6 nitrogen and oxygen atoms in total. The van der Waals surface area contributed by atoms with Gasteiger partial charge in [0.15, 0.2) is 0 Å². The highest BCUT2D eigenvalue weighted by molar-refractivity contribution is 7.89. The molecule has 5 rings (SSSR count). The molecule has 1 unspecified atom stereocenters. The van der Waals surface area contributed by atoms with Crippen LogP contribution in [0.1, 0.15) is 31.7 Å². The Kier molecular flexibility index (Phi) is 4.22. The van der Waals surface area contributed by atoms with E-state index < -0.39 is 10.0 Å². The monoisotopic (exact) mass is 411 g/mol. The molecule has 0 radical (unpaired) electrons. The quantitative estimate of drug-likeness (QED) is 0.812. The van der Waals surface area contributed by atoms with E-state index in [-0.39, 0.29) is 23.3 Å². The summed E-state index contributed by atoms with van der Waals surface area (Å²) < 4.78 is 29.3. The number of fused-ring (bicyclic) bond motifs is 3. The largest absolute Gasteiger partial charge is 0.315 e. The Bertz CT molecular complexity index is 1110. The van der Waals surface area contributed by atoms with E-state index in [4.69, 9.17) is 0 Å². The van der Waals surface area contributed by atoms with Crippen molar-refractivity contribution in [3.05, 3.63) is 58.3 Å². The van der Waals surface area contributed by atoms with Gasteiger partial charge in [-0.05, 0) is 67.6 Å². The Hall–Kier alpha value is -2.38. The Morgan fingerprint density at radius 2 is 2.07 bits per heavy atom. The first-order chi connectivity index (χ1) is 13.9. The molecule has 0 fully saturated rings. The van der Waals surface area contributed by atoms with Gasteiger partial charge in [-0.2, -0.15) is 0 Å². The first-order valence-electron chi connectivity index (χ1n) is 10.1. The van der Waals surface area contributed by atoms with E-state index in [1.165, 1.54) is 5.57 Å². The van der Waals surface area contributed by atoms with Crippen LogP contribution in [-0.2, 0) is 21.2 Å². The zero-order chi connectivity index (χ0) is 20.3. The van der Waals surface area contributed by atoms with Gasteiger partial charge in [-0.15, -0.1) is 0 Å². The average Bonchev–Trinajstić information content (AvgIpc) is 3.02. The van der Waals surface area contributed by atoms with Gasteiger partial charge in [0.2, 0.25) is 5.91 Å². The first kappa shape index (κ1) is 18.6. The molecule has 1 aromatic carbocycles. The van der Waals surface area contributed by atoms with Gasteiger partial charge in [0, 0.05) is 25.0 Å². The summed E-state index contributed by atoms with van der Waals surface area (Å²) in [4.78, 5) is 13.9. The Balaban J connectivity index is 1.61. The number of anilines is 1. The summed E-state index contributed by atoms with van der Waals surface area (Å²) in [5.74, 6) is -0.00586. The van der Waals surface area contributed by atoms with Crippen LogP contribution in [0.4, 0.5) is 5.69 Å². The van der Waals surface area contributed by atoms with E-state index in [0.717, 1.165) is 47.5 Å². The van der Waals surface area contributed by atoms with Crippen LogP contribution < -0.4 is 10.2 Å². The van der Waals surface area contributed by atoms with Crippen molar-refractivity contribution in [2.24, 2.45) is 0 Å². The minimum atomic E-state index is -3.72. The van der Waals surface area contributed by atoms with Gasteiger partial charge in [-0.3, -0.25) is 9.10 Å². The molecule has 1 aliphatic carbocycles. The number of likely N-dealkylation sites (N-methyl/N-ethyl adjacent to an activating group) is 1. The molecule has 1 N–H and O–H groups in total. The average molecular weight is 412 g/mol. The van der Waals surface area contributed by atoms with Crippen LogP contribution >= 0.6 is 0 Å². The second kappa shape index (κ2) is 6.57. The second-order valence-electron chi connectivity index (χ2n) is 8.23. The number of carbonyl (C=O) groups excluding carboxylic acids is 1. The zero-order valence-corrected chi connectivity index (χ0v) is 17.6. The lowest BCUT2D eigenvalue weighted by Crippen LogP contribution is -2.37. The van der Waals surface area contributed by atoms with E-state index in [2.05, 4.69) is 24.4 Å². The molecule has 0 saturated carbocycles. The third kappa shape index (κ3) is 2.79. The number of amides is 1. The highest BCUT2D eigenvalue weighted by Crippen LogP contribution is 2.44. The molecule has 29 heavy (non-hydrogen) atoms. The smallest absolute Gasteiger partial charge is 0.264 e. The molecule has 152 valence electrons. The van der Waals surface area contributed by atoms with Crippen molar-refractivity contribution in [1.29, 1.82) is 0 Å². The molecule has 3 aliphatic heterocycles. The van der Waals surface area contributed by atoms with Crippen LogP contribution in [0.2, 0.25) is 0 Å². The molecule has 7 heteroatoms. The predicted octanol–water partition coefficient (Wildman–Crippen LogP) is 2.49. The van der Waals surface area contributed by atoms with Crippen LogP contribution in [0, 0.1) is 0 Å². The van der Waals surface area contributed by atoms with E-state index in [9.17, 15) is 13.2 Å². The normalized spacial score (nSPS) is 24.1. The van der Waals surface area contributed by atoms with Gasteiger partial charge in [0.05, 0.1) is 17.4 Å². The lowest BCUT2D eigenvalue weighted by Gasteiger charge is -2.31. The maximum absolute atomic E-state index is 13.8. The summed E-state index contributed by atoms with van der Waals surface area (Å²) in [6.45, 7) is 3.67. The minimum absolute atomic E-state index is 0.00586. The number of allylic oxidation sites excluding steroid dienone is 3. The van der Waals surface area contributed by atoms with Crippen molar-refractivity contribution in [2.75, 3.05) is 25.0 Å². The highest BCUT2D eigenvalue weighted by Gasteiger charge is 2.44. The number of nitrogens with one attached hydrogen (secondary N) is 1. The fraction of sp³-hybridized carbons (Fsp3) is 0.409. The molecule has 1 atom stereocenters. The predicted molar refractivity (Wildman–Crippen MR) is 112 cm³/mol. The highest BCUT2D eigenvalue weighted by atomic mass is 32.2. The van der Waals surface area contributed by atoms with Crippen molar-refractivity contribution in [3.8, 4) is 0 Å². The Morgan fingerprint density at radius 1 is 1.24 bits per heavy atom. The van der Waals surface area contributed by atoms with Crippen molar-refractivity contribution in [3.63, 3.8) is 0 Å². The molecule has 3 heterocycles. The molecule has 4 aliphatic rings. The molecular formula is C22H25N3O3S. The van der Waals surface area contributed by atoms with Crippen LogP contribution in [0.5, 0.6) is 0 Å². The van der Waals surface area contributed by atoms with E-state index in [0.29, 0.717) is 13.0 Å². The van der Waals surface area contributed by atoms with Gasteiger partial charge < -0.3 is 10.2 Å². The van der Waals surface area contributed by atoms with E-state index in [1.807, 2.05) is 0 Å². The topological polar surface area (TPSA) is 69.7 Å². The van der Waals surface area contributed by atoms with Crippen LogP contribution in [0.15, 0.2) is 57.7 Å². The first-order valence-corrected chi connectivity index (χ1v) is 11.6. The molecule has 0 spiro atoms. The summed E-state index contributed by atoms with van der Waals surface area (Å²) >= 11 is 0. The number of rotatable bonds is 2. The standard InChI is InChI=1S/C22H25N3O3S/c1-14-5-7-21-17(10-14)18-13-23-9-3-4-20(18)25(21)29(27,28)16-6-8-19-15(11-16)12-22(26)24(19)2/h5-6,8,10-11,21,23H,3-4,7,9,12-13H2,1-2H3. The molecule has 1 amide bonds. The number of hydrogen-bond acceptors (Lipinski definition) is 4. The maximum Gasteiger partial charge on any atom is 0.264 e. The number of benzene rings is 1. The van der Waals surface area contributed by atoms with Crippen molar-refractivity contribution < 1.29 is 13.2 Å².